The van der Waals surface area contributed by atoms with Gasteiger partial charge >= 0.3 is 6.09 Å². The fourth-order valence-electron chi connectivity index (χ4n) is 1.72. The van der Waals surface area contributed by atoms with Crippen LogP contribution in [0, 0.1) is 6.92 Å². The van der Waals surface area contributed by atoms with Crippen molar-refractivity contribution in [2.45, 2.75) is 13.5 Å². The van der Waals surface area contributed by atoms with Crippen molar-refractivity contribution in [2.24, 2.45) is 0 Å². The smallest absolute Gasteiger partial charge is 0.404 e. The van der Waals surface area contributed by atoms with Gasteiger partial charge in [0.1, 0.15) is 0 Å². The lowest BCUT2D eigenvalue weighted by Crippen LogP contribution is -2.20. The van der Waals surface area contributed by atoms with Gasteiger partial charge in [-0.1, -0.05) is 12.1 Å². The zero-order chi connectivity index (χ0) is 13.8. The highest BCUT2D eigenvalue weighted by Gasteiger charge is 2.05. The first-order chi connectivity index (χ1) is 9.06. The molecule has 2 aromatic rings. The van der Waals surface area contributed by atoms with E-state index in [0.717, 1.165) is 22.4 Å². The number of aryl methyl sites for hydroxylation is 1. The van der Waals surface area contributed by atoms with E-state index in [1.165, 1.54) is 0 Å². The Kier molecular flexibility index (Phi) is 3.97. The van der Waals surface area contributed by atoms with E-state index in [-0.39, 0.29) is 11.8 Å². The maximum absolute atomic E-state index is 10.5. The summed E-state index contributed by atoms with van der Waals surface area (Å²) in [4.78, 5) is 18.4. The number of amides is 1. The van der Waals surface area contributed by atoms with E-state index >= 15 is 0 Å². The van der Waals surface area contributed by atoms with Crippen molar-refractivity contribution < 1.29 is 9.90 Å². The number of benzene rings is 1. The highest BCUT2D eigenvalue weighted by Crippen LogP contribution is 2.21. The summed E-state index contributed by atoms with van der Waals surface area (Å²) in [5.74, 6) is 0. The minimum absolute atomic E-state index is 0.201. The Morgan fingerprint density at radius 3 is 2.84 bits per heavy atom. The average Bonchev–Trinajstić information content (AvgIpc) is 2.37. The highest BCUT2D eigenvalue weighted by molar-refractivity contribution is 6.28. The van der Waals surface area contributed by atoms with Gasteiger partial charge in [-0.25, -0.2) is 14.8 Å². The fraction of sp³-hybridized carbons (Fsp3) is 0.154. The quantitative estimate of drug-likeness (QED) is 0.846. The molecule has 19 heavy (non-hydrogen) atoms. The number of nitrogens with one attached hydrogen (secondary N) is 1. The van der Waals surface area contributed by atoms with Gasteiger partial charge in [-0.05, 0) is 41.8 Å². The second kappa shape index (κ2) is 5.67. The van der Waals surface area contributed by atoms with Crippen molar-refractivity contribution in [1.29, 1.82) is 0 Å². The van der Waals surface area contributed by atoms with Crippen molar-refractivity contribution in [3.05, 3.63) is 46.9 Å². The molecule has 1 aromatic carbocycles. The van der Waals surface area contributed by atoms with Gasteiger partial charge in [-0.2, -0.15) is 0 Å². The maximum atomic E-state index is 10.5. The average molecular weight is 278 g/mol. The molecule has 1 aromatic heterocycles. The van der Waals surface area contributed by atoms with Gasteiger partial charge in [0.05, 0.1) is 5.69 Å². The first-order valence-electron chi connectivity index (χ1n) is 5.61. The molecule has 0 fully saturated rings. The number of hydrogen-bond acceptors (Lipinski definition) is 3. The Labute approximate surface area is 115 Å². The molecule has 0 spiro atoms. The van der Waals surface area contributed by atoms with Gasteiger partial charge in [-0.15, -0.1) is 0 Å². The van der Waals surface area contributed by atoms with Crippen LogP contribution in [0.5, 0.6) is 0 Å². The monoisotopic (exact) mass is 277 g/mol. The van der Waals surface area contributed by atoms with Gasteiger partial charge < -0.3 is 10.4 Å². The Morgan fingerprint density at radius 2 is 2.21 bits per heavy atom. The molecule has 0 aliphatic heterocycles. The summed E-state index contributed by atoms with van der Waals surface area (Å²) in [6.07, 6.45) is 0.561. The van der Waals surface area contributed by atoms with Crippen LogP contribution in [0.1, 0.15) is 11.1 Å². The van der Waals surface area contributed by atoms with E-state index in [1.807, 2.05) is 25.1 Å². The maximum Gasteiger partial charge on any atom is 0.404 e. The van der Waals surface area contributed by atoms with Crippen molar-refractivity contribution in [1.82, 2.24) is 15.3 Å². The summed E-state index contributed by atoms with van der Waals surface area (Å²) in [7, 11) is 0. The largest absolute Gasteiger partial charge is 0.465 e. The van der Waals surface area contributed by atoms with Crippen molar-refractivity contribution in [3.63, 3.8) is 0 Å². The van der Waals surface area contributed by atoms with Crippen LogP contribution in [0.2, 0.25) is 5.28 Å². The molecule has 2 rings (SSSR count). The Hall–Kier alpha value is -2.14. The lowest BCUT2D eigenvalue weighted by atomic mass is 10.0. The molecule has 0 atom stereocenters. The second-order valence-electron chi connectivity index (χ2n) is 4.01. The number of halogens is 1. The molecule has 1 amide bonds. The summed E-state index contributed by atoms with van der Waals surface area (Å²) < 4.78 is 0. The summed E-state index contributed by atoms with van der Waals surface area (Å²) in [5.41, 5.74) is 3.56. The predicted molar refractivity (Wildman–Crippen MR) is 72.1 cm³/mol. The molecule has 98 valence electrons. The summed E-state index contributed by atoms with van der Waals surface area (Å²) in [6.45, 7) is 2.21. The topological polar surface area (TPSA) is 75.1 Å². The Bertz CT molecular complexity index is 617. The lowest BCUT2D eigenvalue weighted by molar-refractivity contribution is 0.194. The van der Waals surface area contributed by atoms with Crippen LogP contribution in [0.4, 0.5) is 4.79 Å². The zero-order valence-electron chi connectivity index (χ0n) is 10.2. The Balaban J connectivity index is 2.26. The number of rotatable bonds is 3. The molecule has 6 heteroatoms. The van der Waals surface area contributed by atoms with Crippen LogP contribution in [0.15, 0.2) is 30.5 Å². The third-order valence-corrected chi connectivity index (χ3v) is 2.88. The predicted octanol–water partition coefficient (Wildman–Crippen LogP) is 2.87. The normalized spacial score (nSPS) is 10.2. The zero-order valence-corrected chi connectivity index (χ0v) is 11.0. The van der Waals surface area contributed by atoms with Crippen LogP contribution >= 0.6 is 11.6 Å². The molecular weight excluding hydrogens is 266 g/mol. The standard InChI is InChI=1S/C13H12ClN3O2/c1-8-6-9(11-4-5-15-12(14)17-11)2-3-10(8)7-16-13(18)19/h2-6,16H,7H2,1H3,(H,18,19). The van der Waals surface area contributed by atoms with Gasteiger partial charge in [0.15, 0.2) is 0 Å². The van der Waals surface area contributed by atoms with E-state index in [1.54, 1.807) is 12.3 Å². The third kappa shape index (κ3) is 3.42. The molecule has 2 N–H and O–H groups in total. The Morgan fingerprint density at radius 1 is 1.42 bits per heavy atom. The van der Waals surface area contributed by atoms with E-state index in [9.17, 15) is 4.79 Å². The van der Waals surface area contributed by atoms with Crippen molar-refractivity contribution in [2.75, 3.05) is 0 Å². The SMILES string of the molecule is Cc1cc(-c2ccnc(Cl)n2)ccc1CNC(=O)O. The van der Waals surface area contributed by atoms with Crippen LogP contribution < -0.4 is 5.32 Å². The first kappa shape index (κ1) is 13.3. The van der Waals surface area contributed by atoms with E-state index in [4.69, 9.17) is 16.7 Å². The highest BCUT2D eigenvalue weighted by atomic mass is 35.5. The molecule has 0 bridgehead atoms. The van der Waals surface area contributed by atoms with Gasteiger partial charge in [0.2, 0.25) is 5.28 Å². The molecular formula is C13H12ClN3O2. The van der Waals surface area contributed by atoms with Gasteiger partial charge in [-0.3, -0.25) is 0 Å². The molecule has 5 nitrogen and oxygen atoms in total. The van der Waals surface area contributed by atoms with Crippen LogP contribution in [0.25, 0.3) is 11.3 Å². The first-order valence-corrected chi connectivity index (χ1v) is 5.99. The van der Waals surface area contributed by atoms with Crippen LogP contribution in [-0.2, 0) is 6.54 Å². The van der Waals surface area contributed by atoms with E-state index in [2.05, 4.69) is 15.3 Å². The number of hydrogen-bond donors (Lipinski definition) is 2. The van der Waals surface area contributed by atoms with Gasteiger partial charge in [0.25, 0.3) is 0 Å². The molecule has 0 saturated carbocycles. The summed E-state index contributed by atoms with van der Waals surface area (Å²) in [5, 5.41) is 11.1. The van der Waals surface area contributed by atoms with Crippen LogP contribution in [0.3, 0.4) is 0 Å². The number of carboxylic acid groups (broad SMARTS) is 1. The van der Waals surface area contributed by atoms with Crippen molar-refractivity contribution >= 4 is 17.7 Å². The summed E-state index contributed by atoms with van der Waals surface area (Å²) in [6, 6.07) is 7.47. The minimum Gasteiger partial charge on any atom is -0.465 e. The lowest BCUT2D eigenvalue weighted by Gasteiger charge is -2.08. The molecule has 0 aliphatic carbocycles. The molecule has 1 heterocycles. The summed E-state index contributed by atoms with van der Waals surface area (Å²) >= 11 is 5.75. The molecule has 0 saturated heterocycles. The van der Waals surface area contributed by atoms with Gasteiger partial charge in [0, 0.05) is 18.3 Å². The second-order valence-corrected chi connectivity index (χ2v) is 4.35. The van der Waals surface area contributed by atoms with Crippen LogP contribution in [-0.4, -0.2) is 21.2 Å². The number of aromatic nitrogens is 2. The fourth-order valence-corrected chi connectivity index (χ4v) is 1.87. The molecule has 0 unspecified atom stereocenters. The molecule has 0 radical (unpaired) electrons. The van der Waals surface area contributed by atoms with Crippen molar-refractivity contribution in [3.8, 4) is 11.3 Å². The number of carbonyl (C=O) groups is 1. The number of nitrogens with zero attached hydrogens (tertiary/aromatic N) is 2. The minimum atomic E-state index is -1.04. The molecule has 0 aliphatic rings. The van der Waals surface area contributed by atoms with E-state index in [0.29, 0.717) is 0 Å². The van der Waals surface area contributed by atoms with E-state index < -0.39 is 6.09 Å². The third-order valence-electron chi connectivity index (χ3n) is 2.69.